The summed E-state index contributed by atoms with van der Waals surface area (Å²) in [5.41, 5.74) is 0.600. The second-order valence-electron chi connectivity index (χ2n) is 4.19. The predicted molar refractivity (Wildman–Crippen MR) is 70.9 cm³/mol. The molecule has 0 saturated carbocycles. The van der Waals surface area contributed by atoms with Gasteiger partial charge < -0.3 is 20.6 Å². The van der Waals surface area contributed by atoms with Crippen LogP contribution >= 0.6 is 11.6 Å². The molecule has 1 atom stereocenters. The van der Waals surface area contributed by atoms with Crippen molar-refractivity contribution in [2.24, 2.45) is 0 Å². The van der Waals surface area contributed by atoms with Gasteiger partial charge in [0.1, 0.15) is 0 Å². The molecule has 2 amide bonds. The largest absolute Gasteiger partial charge is 0.395 e. The van der Waals surface area contributed by atoms with E-state index < -0.39 is 0 Å². The van der Waals surface area contributed by atoms with Crippen molar-refractivity contribution in [3.63, 3.8) is 0 Å². The third kappa shape index (κ3) is 3.13. The van der Waals surface area contributed by atoms with Crippen LogP contribution in [-0.2, 0) is 0 Å². The third-order valence-electron chi connectivity index (χ3n) is 2.88. The zero-order chi connectivity index (χ0) is 13.0. The summed E-state index contributed by atoms with van der Waals surface area (Å²) in [5, 5.41) is 15.5. The molecule has 0 aliphatic carbocycles. The van der Waals surface area contributed by atoms with Gasteiger partial charge in [0.15, 0.2) is 0 Å². The maximum Gasteiger partial charge on any atom is 0.321 e. The Morgan fingerprint density at radius 2 is 2.33 bits per heavy atom. The molecule has 1 fully saturated rings. The quantitative estimate of drug-likeness (QED) is 0.754. The van der Waals surface area contributed by atoms with Gasteiger partial charge in [0.2, 0.25) is 0 Å². The fraction of sp³-hybridized carbons (Fsp3) is 0.417. The van der Waals surface area contributed by atoms with Gasteiger partial charge in [0, 0.05) is 25.7 Å². The van der Waals surface area contributed by atoms with Crippen LogP contribution in [0.5, 0.6) is 0 Å². The maximum atomic E-state index is 12.0. The monoisotopic (exact) mass is 269 g/mol. The lowest BCUT2D eigenvalue weighted by Gasteiger charge is -2.32. The van der Waals surface area contributed by atoms with Crippen molar-refractivity contribution in [1.29, 1.82) is 0 Å². The summed E-state index contributed by atoms with van der Waals surface area (Å²) < 4.78 is 0. The molecule has 18 heavy (non-hydrogen) atoms. The molecule has 6 heteroatoms. The van der Waals surface area contributed by atoms with Gasteiger partial charge in [-0.1, -0.05) is 23.7 Å². The van der Waals surface area contributed by atoms with Gasteiger partial charge in [-0.15, -0.1) is 0 Å². The molecule has 3 N–H and O–H groups in total. The number of urea groups is 1. The van der Waals surface area contributed by atoms with Crippen LogP contribution in [-0.4, -0.2) is 48.3 Å². The number of benzene rings is 1. The average Bonchev–Trinajstić information content (AvgIpc) is 2.41. The molecular weight excluding hydrogens is 254 g/mol. The SMILES string of the molecule is O=C(Nc1ccccc1Cl)N1CCNC(CO)C1. The number of nitrogens with one attached hydrogen (secondary N) is 2. The van der Waals surface area contributed by atoms with Crippen molar-refractivity contribution in [1.82, 2.24) is 10.2 Å². The van der Waals surface area contributed by atoms with Crippen molar-refractivity contribution >= 4 is 23.3 Å². The van der Waals surface area contributed by atoms with E-state index in [1.165, 1.54) is 0 Å². The number of piperazine rings is 1. The Balaban J connectivity index is 1.97. The van der Waals surface area contributed by atoms with E-state index in [9.17, 15) is 4.79 Å². The number of aliphatic hydroxyl groups excluding tert-OH is 1. The first-order valence-corrected chi connectivity index (χ1v) is 6.23. The topological polar surface area (TPSA) is 64.6 Å². The highest BCUT2D eigenvalue weighted by Gasteiger charge is 2.22. The molecule has 1 heterocycles. The van der Waals surface area contributed by atoms with Crippen molar-refractivity contribution in [2.45, 2.75) is 6.04 Å². The van der Waals surface area contributed by atoms with Crippen LogP contribution in [0.1, 0.15) is 0 Å². The van der Waals surface area contributed by atoms with Crippen LogP contribution < -0.4 is 10.6 Å². The van der Waals surface area contributed by atoms with Crippen LogP contribution in [0.15, 0.2) is 24.3 Å². The summed E-state index contributed by atoms with van der Waals surface area (Å²) in [6, 6.07) is 6.86. The number of amides is 2. The minimum atomic E-state index is -0.192. The highest BCUT2D eigenvalue weighted by Crippen LogP contribution is 2.20. The summed E-state index contributed by atoms with van der Waals surface area (Å²) in [6.07, 6.45) is 0. The number of carbonyl (C=O) groups is 1. The third-order valence-corrected chi connectivity index (χ3v) is 3.21. The molecule has 1 aliphatic rings. The number of rotatable bonds is 2. The van der Waals surface area contributed by atoms with E-state index in [4.69, 9.17) is 16.7 Å². The first kappa shape index (κ1) is 13.1. The van der Waals surface area contributed by atoms with Gasteiger partial charge in [-0.05, 0) is 12.1 Å². The van der Waals surface area contributed by atoms with Crippen LogP contribution in [0.2, 0.25) is 5.02 Å². The first-order chi connectivity index (χ1) is 8.70. The van der Waals surface area contributed by atoms with Crippen LogP contribution in [0.4, 0.5) is 10.5 Å². The standard InChI is InChI=1S/C12H16ClN3O2/c13-10-3-1-2-4-11(10)15-12(18)16-6-5-14-9(7-16)8-17/h1-4,9,14,17H,5-8H2,(H,15,18). The van der Waals surface area contributed by atoms with E-state index in [1.807, 2.05) is 12.1 Å². The fourth-order valence-corrected chi connectivity index (χ4v) is 2.07. The molecule has 0 radical (unpaired) electrons. The molecule has 1 saturated heterocycles. The van der Waals surface area contributed by atoms with Gasteiger partial charge in [-0.2, -0.15) is 0 Å². The average molecular weight is 270 g/mol. The van der Waals surface area contributed by atoms with Crippen LogP contribution in [0.3, 0.4) is 0 Å². The Bertz CT molecular complexity index is 428. The van der Waals surface area contributed by atoms with Crippen molar-refractivity contribution in [3.8, 4) is 0 Å². The van der Waals surface area contributed by atoms with E-state index in [0.717, 1.165) is 0 Å². The zero-order valence-corrected chi connectivity index (χ0v) is 10.7. The zero-order valence-electron chi connectivity index (χ0n) is 9.90. The Hall–Kier alpha value is -1.30. The summed E-state index contributed by atoms with van der Waals surface area (Å²) in [7, 11) is 0. The molecule has 2 rings (SSSR count). The second-order valence-corrected chi connectivity index (χ2v) is 4.60. The fourth-order valence-electron chi connectivity index (χ4n) is 1.89. The minimum Gasteiger partial charge on any atom is -0.395 e. The summed E-state index contributed by atoms with van der Waals surface area (Å²) in [4.78, 5) is 13.7. The highest BCUT2D eigenvalue weighted by molar-refractivity contribution is 6.33. The van der Waals surface area contributed by atoms with Gasteiger partial charge >= 0.3 is 6.03 Å². The van der Waals surface area contributed by atoms with Crippen molar-refractivity contribution < 1.29 is 9.90 Å². The normalized spacial score (nSPS) is 19.7. The number of hydrogen-bond donors (Lipinski definition) is 3. The summed E-state index contributed by atoms with van der Waals surface area (Å²) in [6.45, 7) is 1.82. The molecule has 5 nitrogen and oxygen atoms in total. The van der Waals surface area contributed by atoms with Crippen molar-refractivity contribution in [2.75, 3.05) is 31.6 Å². The molecular formula is C12H16ClN3O2. The Labute approximate surface area is 111 Å². The number of hydrogen-bond acceptors (Lipinski definition) is 3. The Kier molecular flexibility index (Phi) is 4.41. The maximum absolute atomic E-state index is 12.0. The number of anilines is 1. The van der Waals surface area contributed by atoms with E-state index in [2.05, 4.69) is 10.6 Å². The Morgan fingerprint density at radius 3 is 3.06 bits per heavy atom. The Morgan fingerprint density at radius 1 is 1.56 bits per heavy atom. The number of nitrogens with zero attached hydrogens (tertiary/aromatic N) is 1. The van der Waals surface area contributed by atoms with Gasteiger partial charge in [0.25, 0.3) is 0 Å². The van der Waals surface area contributed by atoms with Crippen LogP contribution in [0, 0.1) is 0 Å². The number of para-hydroxylation sites is 1. The highest BCUT2D eigenvalue weighted by atomic mass is 35.5. The van der Waals surface area contributed by atoms with E-state index in [1.54, 1.807) is 17.0 Å². The lowest BCUT2D eigenvalue weighted by atomic mass is 10.2. The molecule has 0 aromatic heterocycles. The smallest absolute Gasteiger partial charge is 0.321 e. The summed E-state index contributed by atoms with van der Waals surface area (Å²) >= 11 is 5.98. The molecule has 1 aliphatic heterocycles. The molecule has 1 aromatic carbocycles. The second kappa shape index (κ2) is 6.04. The van der Waals surface area contributed by atoms with Gasteiger partial charge in [-0.25, -0.2) is 4.79 Å². The number of carbonyl (C=O) groups excluding carboxylic acids is 1. The lowest BCUT2D eigenvalue weighted by molar-refractivity contribution is 0.159. The molecule has 1 aromatic rings. The molecule has 1 unspecified atom stereocenters. The van der Waals surface area contributed by atoms with Gasteiger partial charge in [-0.3, -0.25) is 0 Å². The lowest BCUT2D eigenvalue weighted by Crippen LogP contribution is -2.54. The van der Waals surface area contributed by atoms with E-state index in [-0.39, 0.29) is 18.7 Å². The first-order valence-electron chi connectivity index (χ1n) is 5.85. The molecule has 0 bridgehead atoms. The van der Waals surface area contributed by atoms with Gasteiger partial charge in [0.05, 0.1) is 17.3 Å². The molecule has 0 spiro atoms. The van der Waals surface area contributed by atoms with Crippen molar-refractivity contribution in [3.05, 3.63) is 29.3 Å². The predicted octanol–water partition coefficient (Wildman–Crippen LogP) is 1.14. The number of aliphatic hydroxyl groups is 1. The molecule has 98 valence electrons. The summed E-state index contributed by atoms with van der Waals surface area (Å²) in [5.74, 6) is 0. The number of halogens is 1. The van der Waals surface area contributed by atoms with Crippen LogP contribution in [0.25, 0.3) is 0 Å². The van der Waals surface area contributed by atoms with E-state index in [0.29, 0.717) is 30.3 Å². The van der Waals surface area contributed by atoms with E-state index >= 15 is 0 Å². The minimum absolute atomic E-state index is 0.0237.